The van der Waals surface area contributed by atoms with E-state index in [1.165, 1.54) is 115 Å². The van der Waals surface area contributed by atoms with E-state index in [1.54, 1.807) is 0 Å². The Kier molecular flexibility index (Phi) is 13.7. The molecule has 0 fully saturated rings. The van der Waals surface area contributed by atoms with Crippen molar-refractivity contribution in [2.75, 3.05) is 0 Å². The summed E-state index contributed by atoms with van der Waals surface area (Å²) in [5.41, 5.74) is 16.9. The van der Waals surface area contributed by atoms with Gasteiger partial charge in [0.25, 0.3) is 0 Å². The molecule has 0 unspecified atom stereocenters. The third-order valence-corrected chi connectivity index (χ3v) is 23.3. The van der Waals surface area contributed by atoms with Gasteiger partial charge in [-0.25, -0.2) is 0 Å². The lowest BCUT2D eigenvalue weighted by Crippen LogP contribution is -2.33. The molecule has 0 saturated carbocycles. The highest BCUT2D eigenvalue weighted by atomic mass is 28.3. The molecule has 308 valence electrons. The van der Waals surface area contributed by atoms with Gasteiger partial charge in [-0.15, -0.1) is 0 Å². The molecule has 0 atom stereocenters. The van der Waals surface area contributed by atoms with Crippen LogP contribution >= 0.6 is 0 Å². The van der Waals surface area contributed by atoms with E-state index in [2.05, 4.69) is 222 Å². The van der Waals surface area contributed by atoms with Crippen molar-refractivity contribution in [2.45, 2.75) is 101 Å². The smallest absolute Gasteiger partial charge is 0.0561 e. The van der Waals surface area contributed by atoms with E-state index in [9.17, 15) is 0 Å². The van der Waals surface area contributed by atoms with Gasteiger partial charge in [-0.3, -0.25) is 0 Å². The first kappa shape index (κ1) is 43.7. The van der Waals surface area contributed by atoms with Crippen molar-refractivity contribution >= 4 is 56.6 Å². The minimum absolute atomic E-state index is 1.20. The van der Waals surface area contributed by atoms with Crippen LogP contribution in [-0.2, 0) is 48.4 Å². The molecule has 10 aliphatic heterocycles. The predicted octanol–water partition coefficient (Wildman–Crippen LogP) is 14.6. The van der Waals surface area contributed by atoms with Gasteiger partial charge in [0.05, 0.1) is 32.3 Å². The molecule has 4 heteroatoms. The summed E-state index contributed by atoms with van der Waals surface area (Å²) in [5.74, 6) is 0. The van der Waals surface area contributed by atoms with Crippen molar-refractivity contribution in [2.24, 2.45) is 0 Å². The first-order valence-corrected chi connectivity index (χ1v) is 36.1. The Labute approximate surface area is 367 Å². The van der Waals surface area contributed by atoms with E-state index in [4.69, 9.17) is 0 Å². The maximum atomic E-state index is 2.55. The monoisotopic (exact) mass is 852 g/mol. The highest BCUT2D eigenvalue weighted by Crippen LogP contribution is 2.25. The van der Waals surface area contributed by atoms with Gasteiger partial charge < -0.3 is 0 Å². The molecule has 10 heterocycles. The largest absolute Gasteiger partial charge is 0.0689 e. The Morgan fingerprint density at radius 3 is 0.450 bits per heavy atom. The van der Waals surface area contributed by atoms with Crippen LogP contribution in [0.25, 0.3) is 24.3 Å². The molecular formula is C56H68Si4. The average molecular weight is 854 g/mol. The molecule has 12 bridgehead atoms. The summed E-state index contributed by atoms with van der Waals surface area (Å²) in [7, 11) is -5.93. The molecule has 6 aromatic rings. The van der Waals surface area contributed by atoms with Gasteiger partial charge in [0.1, 0.15) is 0 Å². The lowest BCUT2D eigenvalue weighted by molar-refractivity contribution is 1.18. The molecule has 0 aromatic heterocycles. The van der Waals surface area contributed by atoms with Crippen molar-refractivity contribution in [3.63, 3.8) is 0 Å². The number of hydrogen-bond donors (Lipinski definition) is 0. The summed E-state index contributed by atoms with van der Waals surface area (Å²) in [4.78, 5) is 0. The second kappa shape index (κ2) is 18.7. The minimum Gasteiger partial charge on any atom is -0.0689 e. The Morgan fingerprint density at radius 2 is 0.317 bits per heavy atom. The van der Waals surface area contributed by atoms with Gasteiger partial charge in [0.2, 0.25) is 0 Å². The SMILES string of the molecule is C[Si]1(C)Cc2ccc(cc2)C=Cc2ccc(cc2)C[Si](C)(C)Cc2ccc(cc2)C[Si](C)(C)Cc2ccc(cc2)C=Cc2ccc(cc2)C[Si](C)(C)Cc2ccc(cc2)C1. The van der Waals surface area contributed by atoms with Gasteiger partial charge in [-0.1, -0.05) is 267 Å². The van der Waals surface area contributed by atoms with Crippen LogP contribution in [0, 0.1) is 0 Å². The third-order valence-electron chi connectivity index (χ3n) is 12.4. The van der Waals surface area contributed by atoms with Gasteiger partial charge in [0, 0.05) is 0 Å². The normalized spacial score (nSPS) is 17.9. The fourth-order valence-electron chi connectivity index (χ4n) is 9.59. The highest BCUT2D eigenvalue weighted by molar-refractivity contribution is 6.77. The summed E-state index contributed by atoms with van der Waals surface area (Å²) >= 11 is 0. The van der Waals surface area contributed by atoms with Crippen molar-refractivity contribution in [1.29, 1.82) is 0 Å². The van der Waals surface area contributed by atoms with Gasteiger partial charge in [-0.05, 0) is 70.6 Å². The molecule has 0 N–H and O–H groups in total. The van der Waals surface area contributed by atoms with E-state index in [-0.39, 0.29) is 0 Å². The second-order valence-corrected chi connectivity index (χ2v) is 41.5. The van der Waals surface area contributed by atoms with E-state index >= 15 is 0 Å². The summed E-state index contributed by atoms with van der Waals surface area (Å²) in [6.45, 7) is 20.4. The second-order valence-electron chi connectivity index (χ2n) is 21.3. The molecule has 0 aliphatic carbocycles. The van der Waals surface area contributed by atoms with Gasteiger partial charge in [0.15, 0.2) is 0 Å². The number of benzene rings is 6. The van der Waals surface area contributed by atoms with Gasteiger partial charge >= 0.3 is 0 Å². The van der Waals surface area contributed by atoms with Crippen LogP contribution in [0.3, 0.4) is 0 Å². The quantitative estimate of drug-likeness (QED) is 0.134. The summed E-state index contributed by atoms with van der Waals surface area (Å²) in [6.07, 6.45) is 9.06. The Bertz CT molecular complexity index is 2020. The number of rotatable bonds is 0. The molecule has 0 radical (unpaired) electrons. The molecule has 0 spiro atoms. The Balaban J connectivity index is 1.07. The number of hydrogen-bond acceptors (Lipinski definition) is 0. The minimum atomic E-state index is -1.48. The summed E-state index contributed by atoms with van der Waals surface area (Å²) in [5, 5.41) is 0. The van der Waals surface area contributed by atoms with Crippen molar-refractivity contribution in [3.05, 3.63) is 212 Å². The topological polar surface area (TPSA) is 0 Å². The Hall–Kier alpha value is -4.33. The lowest BCUT2D eigenvalue weighted by atomic mass is 10.1. The van der Waals surface area contributed by atoms with Crippen LogP contribution < -0.4 is 0 Å². The molecule has 10 aliphatic rings. The van der Waals surface area contributed by atoms with Crippen LogP contribution in [0.5, 0.6) is 0 Å². The van der Waals surface area contributed by atoms with Crippen LogP contribution in [0.2, 0.25) is 52.4 Å². The standard InChI is InChI=1S/C56H68Si4/c1-57(2)37-49-21-13-45(14-22-49)9-10-46-15-23-51(24-16-46)39-59(5,6)43-55-33-35-56(36-34-55)44-60(7,8)40-52-27-19-48(20-28-52)12-11-47-17-25-50(26-18-47)38-58(3,4)42-54-31-29-53(41-57)30-32-54/h9-36H,37-44H2,1-8H3. The highest BCUT2D eigenvalue weighted by Gasteiger charge is 2.26. The first-order chi connectivity index (χ1) is 28.5. The molecule has 0 amide bonds. The van der Waals surface area contributed by atoms with Crippen molar-refractivity contribution < 1.29 is 0 Å². The zero-order valence-electron chi connectivity index (χ0n) is 37.8. The zero-order chi connectivity index (χ0) is 42.4. The van der Waals surface area contributed by atoms with Crippen LogP contribution in [0.15, 0.2) is 146 Å². The fourth-order valence-corrected chi connectivity index (χ4v) is 20.8. The van der Waals surface area contributed by atoms with Crippen LogP contribution in [0.4, 0.5) is 0 Å². The first-order valence-electron chi connectivity index (χ1n) is 22.4. The molecule has 6 aromatic carbocycles. The summed E-state index contributed by atoms with van der Waals surface area (Å²) in [6, 6.07) is 66.3. The summed E-state index contributed by atoms with van der Waals surface area (Å²) < 4.78 is 0. The van der Waals surface area contributed by atoms with E-state index in [1.807, 2.05) is 0 Å². The van der Waals surface area contributed by atoms with E-state index < -0.39 is 32.3 Å². The molecule has 60 heavy (non-hydrogen) atoms. The van der Waals surface area contributed by atoms with E-state index in [0.29, 0.717) is 0 Å². The van der Waals surface area contributed by atoms with Crippen LogP contribution in [0.1, 0.15) is 66.8 Å². The molecule has 16 rings (SSSR count). The predicted molar refractivity (Wildman–Crippen MR) is 276 cm³/mol. The molecular weight excluding hydrogens is 785 g/mol. The molecule has 0 saturated heterocycles. The van der Waals surface area contributed by atoms with E-state index in [0.717, 1.165) is 0 Å². The van der Waals surface area contributed by atoms with Crippen molar-refractivity contribution in [3.8, 4) is 0 Å². The zero-order valence-corrected chi connectivity index (χ0v) is 41.8. The van der Waals surface area contributed by atoms with Gasteiger partial charge in [-0.2, -0.15) is 0 Å². The Morgan fingerprint density at radius 1 is 0.200 bits per heavy atom. The maximum absolute atomic E-state index is 2.55. The average Bonchev–Trinajstić information content (AvgIpc) is 3.19. The fraction of sp³-hybridized carbons (Fsp3) is 0.286. The maximum Gasteiger partial charge on any atom is 0.0561 e. The molecule has 0 nitrogen and oxygen atoms in total. The van der Waals surface area contributed by atoms with Crippen molar-refractivity contribution in [1.82, 2.24) is 0 Å². The van der Waals surface area contributed by atoms with Crippen LogP contribution in [-0.4, -0.2) is 32.3 Å². The third kappa shape index (κ3) is 13.3. The lowest BCUT2D eigenvalue weighted by Gasteiger charge is -2.24.